The first-order valence-electron chi connectivity index (χ1n) is 11.4. The van der Waals surface area contributed by atoms with Crippen molar-refractivity contribution in [2.75, 3.05) is 13.2 Å². The fraction of sp³-hybridized carbons (Fsp3) is 0.826. The molecule has 2 aliphatic heterocycles. The number of esters is 1. The SMILES string of the molecule is CCCCCCCCCCCCC/C=C1\CCN2C(=O)OC[C@H]2[C@@H]1OC(C)=O. The van der Waals surface area contributed by atoms with E-state index >= 15 is 0 Å². The van der Waals surface area contributed by atoms with E-state index in [0.717, 1.165) is 18.4 Å². The summed E-state index contributed by atoms with van der Waals surface area (Å²) in [6.45, 7) is 4.66. The van der Waals surface area contributed by atoms with Gasteiger partial charge >= 0.3 is 12.1 Å². The Morgan fingerprint density at radius 3 is 2.29 bits per heavy atom. The molecule has 0 aromatic rings. The molecule has 0 saturated carbocycles. The zero-order valence-electron chi connectivity index (χ0n) is 17.9. The van der Waals surface area contributed by atoms with Crippen molar-refractivity contribution in [1.82, 2.24) is 4.90 Å². The molecule has 0 aromatic heterocycles. The van der Waals surface area contributed by atoms with Gasteiger partial charge < -0.3 is 9.47 Å². The van der Waals surface area contributed by atoms with Crippen molar-refractivity contribution < 1.29 is 19.1 Å². The molecule has 2 heterocycles. The van der Waals surface area contributed by atoms with E-state index in [9.17, 15) is 9.59 Å². The molecule has 0 unspecified atom stereocenters. The predicted molar refractivity (Wildman–Crippen MR) is 111 cm³/mol. The summed E-state index contributed by atoms with van der Waals surface area (Å²) in [4.78, 5) is 25.0. The highest BCUT2D eigenvalue weighted by Gasteiger charge is 2.44. The first kappa shape index (κ1) is 22.8. The van der Waals surface area contributed by atoms with Crippen molar-refractivity contribution in [2.24, 2.45) is 0 Å². The van der Waals surface area contributed by atoms with E-state index in [4.69, 9.17) is 9.47 Å². The van der Waals surface area contributed by atoms with Gasteiger partial charge in [0.05, 0.1) is 0 Å². The quantitative estimate of drug-likeness (QED) is 0.226. The Labute approximate surface area is 170 Å². The van der Waals surface area contributed by atoms with Crippen molar-refractivity contribution in [3.05, 3.63) is 11.6 Å². The summed E-state index contributed by atoms with van der Waals surface area (Å²) < 4.78 is 10.7. The van der Waals surface area contributed by atoms with Crippen LogP contribution >= 0.6 is 0 Å². The molecule has 0 radical (unpaired) electrons. The molecular formula is C23H39NO4. The summed E-state index contributed by atoms with van der Waals surface area (Å²) in [5, 5.41) is 0. The van der Waals surface area contributed by atoms with E-state index < -0.39 is 0 Å². The number of piperidine rings is 1. The van der Waals surface area contributed by atoms with Gasteiger partial charge in [-0.05, 0) is 24.8 Å². The third-order valence-corrected chi connectivity index (χ3v) is 5.88. The molecule has 5 nitrogen and oxygen atoms in total. The van der Waals surface area contributed by atoms with Crippen LogP contribution in [0.4, 0.5) is 4.79 Å². The number of carbonyl (C=O) groups is 2. The molecule has 1 amide bonds. The van der Waals surface area contributed by atoms with Crippen LogP contribution in [0, 0.1) is 0 Å². The average molecular weight is 394 g/mol. The second kappa shape index (κ2) is 12.8. The molecule has 2 fully saturated rings. The van der Waals surface area contributed by atoms with E-state index in [1.54, 1.807) is 4.90 Å². The Bertz CT molecular complexity index is 517. The molecule has 0 aromatic carbocycles. The van der Waals surface area contributed by atoms with Crippen LogP contribution in [0.3, 0.4) is 0 Å². The predicted octanol–water partition coefficient (Wildman–Crippen LogP) is 5.77. The molecule has 160 valence electrons. The largest absolute Gasteiger partial charge is 0.456 e. The lowest BCUT2D eigenvalue weighted by molar-refractivity contribution is -0.147. The fourth-order valence-corrected chi connectivity index (χ4v) is 4.26. The van der Waals surface area contributed by atoms with Crippen LogP contribution in [0.15, 0.2) is 11.6 Å². The minimum atomic E-state index is -0.342. The lowest BCUT2D eigenvalue weighted by Gasteiger charge is -2.35. The highest BCUT2D eigenvalue weighted by molar-refractivity contribution is 5.71. The van der Waals surface area contributed by atoms with Gasteiger partial charge in [0.2, 0.25) is 0 Å². The Kier molecular flexibility index (Phi) is 10.4. The van der Waals surface area contributed by atoms with Gasteiger partial charge in [0.15, 0.2) is 0 Å². The van der Waals surface area contributed by atoms with Gasteiger partial charge in [0.25, 0.3) is 0 Å². The lowest BCUT2D eigenvalue weighted by atomic mass is 9.93. The van der Waals surface area contributed by atoms with Crippen molar-refractivity contribution in [3.63, 3.8) is 0 Å². The van der Waals surface area contributed by atoms with E-state index in [-0.39, 0.29) is 24.2 Å². The normalized spacial score (nSPS) is 23.0. The summed E-state index contributed by atoms with van der Waals surface area (Å²) >= 11 is 0. The summed E-state index contributed by atoms with van der Waals surface area (Å²) in [7, 11) is 0. The van der Waals surface area contributed by atoms with E-state index in [2.05, 4.69) is 13.0 Å². The topological polar surface area (TPSA) is 55.8 Å². The standard InChI is InChI=1S/C23H39NO4/c1-3-4-5-6-7-8-9-10-11-12-13-14-15-20-16-17-24-21(18-27-23(24)26)22(20)28-19(2)25/h15,21-22H,3-14,16-18H2,1-2H3/b20-15+/t21-,22+/m0/s1. The number of amides is 1. The summed E-state index contributed by atoms with van der Waals surface area (Å²) in [6, 6.07) is -0.159. The van der Waals surface area contributed by atoms with E-state index in [1.165, 1.54) is 77.6 Å². The number of nitrogens with zero attached hydrogens (tertiary/aromatic N) is 1. The summed E-state index contributed by atoms with van der Waals surface area (Å²) in [5.41, 5.74) is 1.15. The molecule has 0 bridgehead atoms. The molecule has 0 aliphatic carbocycles. The fourth-order valence-electron chi connectivity index (χ4n) is 4.26. The Morgan fingerprint density at radius 1 is 1.07 bits per heavy atom. The molecule has 2 rings (SSSR count). The minimum Gasteiger partial charge on any atom is -0.456 e. The summed E-state index contributed by atoms with van der Waals surface area (Å²) in [6.07, 6.45) is 18.1. The van der Waals surface area contributed by atoms with Crippen molar-refractivity contribution >= 4 is 12.1 Å². The van der Waals surface area contributed by atoms with Crippen molar-refractivity contribution in [1.29, 1.82) is 0 Å². The highest BCUT2D eigenvalue weighted by Crippen LogP contribution is 2.30. The van der Waals surface area contributed by atoms with Crippen LogP contribution in [-0.4, -0.2) is 42.3 Å². The Hall–Kier alpha value is -1.52. The second-order valence-corrected chi connectivity index (χ2v) is 8.22. The zero-order chi connectivity index (χ0) is 20.2. The van der Waals surface area contributed by atoms with Crippen LogP contribution in [0.2, 0.25) is 0 Å². The maximum absolute atomic E-state index is 11.8. The maximum Gasteiger partial charge on any atom is 0.410 e. The zero-order valence-corrected chi connectivity index (χ0v) is 17.9. The number of ether oxygens (including phenoxy) is 2. The van der Waals surface area contributed by atoms with Gasteiger partial charge in [0, 0.05) is 13.5 Å². The third kappa shape index (κ3) is 7.48. The summed E-state index contributed by atoms with van der Waals surface area (Å²) in [5.74, 6) is -0.299. The number of unbranched alkanes of at least 4 members (excludes halogenated alkanes) is 11. The van der Waals surface area contributed by atoms with Crippen LogP contribution < -0.4 is 0 Å². The van der Waals surface area contributed by atoms with Gasteiger partial charge in [0.1, 0.15) is 18.8 Å². The number of allylic oxidation sites excluding steroid dienone is 1. The first-order valence-corrected chi connectivity index (χ1v) is 11.4. The molecule has 0 N–H and O–H groups in total. The van der Waals surface area contributed by atoms with Gasteiger partial charge in [-0.2, -0.15) is 0 Å². The van der Waals surface area contributed by atoms with Crippen LogP contribution in [0.25, 0.3) is 0 Å². The smallest absolute Gasteiger partial charge is 0.410 e. The highest BCUT2D eigenvalue weighted by atomic mass is 16.6. The number of hydrogen-bond acceptors (Lipinski definition) is 4. The maximum atomic E-state index is 11.8. The molecule has 28 heavy (non-hydrogen) atoms. The lowest BCUT2D eigenvalue weighted by Crippen LogP contribution is -2.49. The molecule has 2 aliphatic rings. The number of cyclic esters (lactones) is 1. The van der Waals surface area contributed by atoms with E-state index in [0.29, 0.717) is 13.2 Å². The number of carbonyl (C=O) groups excluding carboxylic acids is 2. The van der Waals surface area contributed by atoms with E-state index in [1.807, 2.05) is 0 Å². The van der Waals surface area contributed by atoms with Crippen LogP contribution in [-0.2, 0) is 14.3 Å². The van der Waals surface area contributed by atoms with Crippen molar-refractivity contribution in [3.8, 4) is 0 Å². The molecule has 5 heteroatoms. The average Bonchev–Trinajstić information content (AvgIpc) is 3.05. The van der Waals surface area contributed by atoms with Crippen LogP contribution in [0.5, 0.6) is 0 Å². The first-order chi connectivity index (χ1) is 13.6. The van der Waals surface area contributed by atoms with Gasteiger partial charge in [-0.3, -0.25) is 9.69 Å². The van der Waals surface area contributed by atoms with Crippen molar-refractivity contribution in [2.45, 2.75) is 109 Å². The molecule has 2 atom stereocenters. The third-order valence-electron chi connectivity index (χ3n) is 5.88. The molecule has 0 spiro atoms. The molecular weight excluding hydrogens is 354 g/mol. The van der Waals surface area contributed by atoms with Gasteiger partial charge in [-0.15, -0.1) is 0 Å². The minimum absolute atomic E-state index is 0.159. The van der Waals surface area contributed by atoms with Gasteiger partial charge in [-0.1, -0.05) is 77.2 Å². The molecule has 2 saturated heterocycles. The van der Waals surface area contributed by atoms with Crippen LogP contribution in [0.1, 0.15) is 97.3 Å². The number of fused-ring (bicyclic) bond motifs is 1. The second-order valence-electron chi connectivity index (χ2n) is 8.22. The monoisotopic (exact) mass is 393 g/mol. The van der Waals surface area contributed by atoms with Gasteiger partial charge in [-0.25, -0.2) is 4.79 Å². The Balaban J connectivity index is 1.61. The Morgan fingerprint density at radius 2 is 1.68 bits per heavy atom. The number of hydrogen-bond donors (Lipinski definition) is 0. The number of rotatable bonds is 13.